The molecule has 7 heteroatoms. The van der Waals surface area contributed by atoms with Crippen molar-refractivity contribution in [3.63, 3.8) is 0 Å². The van der Waals surface area contributed by atoms with Crippen LogP contribution in [0.1, 0.15) is 34.3 Å². The topological polar surface area (TPSA) is 88.9 Å². The molecule has 2 aromatic heterocycles. The number of aromatic nitrogens is 3. The summed E-state index contributed by atoms with van der Waals surface area (Å²) in [6.07, 6.45) is 10.5. The van der Waals surface area contributed by atoms with Crippen LogP contribution in [0.15, 0.2) is 67.1 Å². The minimum absolute atomic E-state index is 0.0507. The molecule has 7 nitrogen and oxygen atoms in total. The first-order valence-electron chi connectivity index (χ1n) is 9.50. The summed E-state index contributed by atoms with van der Waals surface area (Å²) in [7, 11) is 0. The van der Waals surface area contributed by atoms with Gasteiger partial charge in [-0.25, -0.2) is 9.67 Å². The summed E-state index contributed by atoms with van der Waals surface area (Å²) >= 11 is 0. The summed E-state index contributed by atoms with van der Waals surface area (Å²) < 4.78 is 1.66. The monoisotopic (exact) mass is 387 g/mol. The van der Waals surface area contributed by atoms with E-state index in [0.717, 1.165) is 24.0 Å². The summed E-state index contributed by atoms with van der Waals surface area (Å²) in [6, 6.07) is 13.1. The second-order valence-electron chi connectivity index (χ2n) is 6.86. The van der Waals surface area contributed by atoms with Crippen LogP contribution < -0.4 is 10.6 Å². The fourth-order valence-corrected chi connectivity index (χ4v) is 2.82. The lowest BCUT2D eigenvalue weighted by molar-refractivity contribution is -0.116. The Hall–Kier alpha value is -3.74. The fraction of sp³-hybridized carbons (Fsp3) is 0.182. The second-order valence-corrected chi connectivity index (χ2v) is 6.86. The Morgan fingerprint density at radius 1 is 1.10 bits per heavy atom. The van der Waals surface area contributed by atoms with E-state index < -0.39 is 0 Å². The first-order valence-corrected chi connectivity index (χ1v) is 9.50. The van der Waals surface area contributed by atoms with Crippen LogP contribution in [0, 0.1) is 0 Å². The number of amides is 2. The highest BCUT2D eigenvalue weighted by Crippen LogP contribution is 2.19. The number of carbonyl (C=O) groups excluding carboxylic acids is 2. The molecule has 1 aromatic carbocycles. The van der Waals surface area contributed by atoms with Crippen LogP contribution in [0.25, 0.3) is 11.9 Å². The number of hydrogen-bond donors (Lipinski definition) is 2. The molecule has 2 heterocycles. The highest BCUT2D eigenvalue weighted by molar-refractivity contribution is 5.95. The largest absolute Gasteiger partial charge is 0.349 e. The molecule has 0 saturated heterocycles. The normalized spacial score (nSPS) is 13.4. The van der Waals surface area contributed by atoms with Gasteiger partial charge in [0.05, 0.1) is 0 Å². The quantitative estimate of drug-likeness (QED) is 0.610. The van der Waals surface area contributed by atoms with E-state index in [4.69, 9.17) is 0 Å². The van der Waals surface area contributed by atoms with Crippen LogP contribution >= 0.6 is 0 Å². The number of rotatable bonds is 7. The van der Waals surface area contributed by atoms with E-state index in [0.29, 0.717) is 24.0 Å². The summed E-state index contributed by atoms with van der Waals surface area (Å²) in [5, 5.41) is 10.0. The molecule has 1 aliphatic carbocycles. The lowest BCUT2D eigenvalue weighted by Crippen LogP contribution is -2.25. The van der Waals surface area contributed by atoms with Crippen LogP contribution in [0.2, 0.25) is 0 Å². The SMILES string of the molecule is O=C(/C=C/c1ccc(C(=O)NC2CC2)cc1)NCc1cccnc1-n1cccn1. The van der Waals surface area contributed by atoms with E-state index in [1.165, 1.54) is 6.08 Å². The van der Waals surface area contributed by atoms with Gasteiger partial charge in [-0.3, -0.25) is 9.59 Å². The second kappa shape index (κ2) is 8.52. The summed E-state index contributed by atoms with van der Waals surface area (Å²) in [6.45, 7) is 0.340. The lowest BCUT2D eigenvalue weighted by atomic mass is 10.1. The molecular formula is C22H21N5O2. The Bertz CT molecular complexity index is 1020. The van der Waals surface area contributed by atoms with E-state index in [1.807, 2.05) is 36.5 Å². The number of nitrogens with zero attached hydrogens (tertiary/aromatic N) is 3. The summed E-state index contributed by atoms with van der Waals surface area (Å²) in [5.74, 6) is 0.419. The molecule has 0 aliphatic heterocycles. The van der Waals surface area contributed by atoms with Gasteiger partial charge >= 0.3 is 0 Å². The lowest BCUT2D eigenvalue weighted by Gasteiger charge is -2.08. The number of pyridine rings is 1. The van der Waals surface area contributed by atoms with Gasteiger partial charge in [0, 0.05) is 48.4 Å². The molecule has 2 amide bonds. The van der Waals surface area contributed by atoms with Gasteiger partial charge in [-0.15, -0.1) is 0 Å². The van der Waals surface area contributed by atoms with Gasteiger partial charge in [0.2, 0.25) is 5.91 Å². The Labute approximate surface area is 168 Å². The Morgan fingerprint density at radius 2 is 1.93 bits per heavy atom. The smallest absolute Gasteiger partial charge is 0.251 e. The maximum absolute atomic E-state index is 12.2. The Kier molecular flexibility index (Phi) is 5.47. The van der Waals surface area contributed by atoms with Crippen LogP contribution in [0.3, 0.4) is 0 Å². The third kappa shape index (κ3) is 4.95. The molecule has 1 fully saturated rings. The fourth-order valence-electron chi connectivity index (χ4n) is 2.82. The van der Waals surface area contributed by atoms with Crippen molar-refractivity contribution in [2.45, 2.75) is 25.4 Å². The number of hydrogen-bond acceptors (Lipinski definition) is 4. The van der Waals surface area contributed by atoms with E-state index in [1.54, 1.807) is 35.3 Å². The van der Waals surface area contributed by atoms with Crippen LogP contribution in [-0.4, -0.2) is 32.6 Å². The summed E-state index contributed by atoms with van der Waals surface area (Å²) in [4.78, 5) is 28.5. The average molecular weight is 387 g/mol. The molecule has 4 rings (SSSR count). The van der Waals surface area contributed by atoms with E-state index in [9.17, 15) is 9.59 Å². The standard InChI is InChI=1S/C22H21N5O2/c28-20(24-15-18-3-1-12-23-21(18)27-14-2-13-25-27)11-6-16-4-7-17(8-5-16)22(29)26-19-9-10-19/h1-8,11-14,19H,9-10,15H2,(H,24,28)(H,26,29)/b11-6+. The van der Waals surface area contributed by atoms with Crippen LogP contribution in [0.4, 0.5) is 0 Å². The Balaban J connectivity index is 1.33. The molecule has 1 aliphatic rings. The molecule has 0 radical (unpaired) electrons. The van der Waals surface area contributed by atoms with Crippen molar-refractivity contribution in [1.29, 1.82) is 0 Å². The number of nitrogens with one attached hydrogen (secondary N) is 2. The van der Waals surface area contributed by atoms with Gasteiger partial charge in [-0.05, 0) is 48.7 Å². The summed E-state index contributed by atoms with van der Waals surface area (Å²) in [5.41, 5.74) is 2.34. The van der Waals surface area contributed by atoms with Gasteiger partial charge in [-0.1, -0.05) is 18.2 Å². The molecule has 29 heavy (non-hydrogen) atoms. The zero-order valence-corrected chi connectivity index (χ0v) is 15.8. The third-order valence-corrected chi connectivity index (χ3v) is 4.55. The predicted molar refractivity (Wildman–Crippen MR) is 109 cm³/mol. The zero-order valence-electron chi connectivity index (χ0n) is 15.8. The van der Waals surface area contributed by atoms with Crippen molar-refractivity contribution >= 4 is 17.9 Å². The number of carbonyl (C=O) groups is 2. The van der Waals surface area contributed by atoms with Gasteiger partial charge in [0.1, 0.15) is 0 Å². The first kappa shape index (κ1) is 18.6. The van der Waals surface area contributed by atoms with Crippen LogP contribution in [-0.2, 0) is 11.3 Å². The molecule has 0 spiro atoms. The van der Waals surface area contributed by atoms with Crippen molar-refractivity contribution in [2.24, 2.45) is 0 Å². The van der Waals surface area contributed by atoms with Crippen LogP contribution in [0.5, 0.6) is 0 Å². The molecule has 0 atom stereocenters. The molecule has 2 N–H and O–H groups in total. The highest BCUT2D eigenvalue weighted by Gasteiger charge is 2.23. The van der Waals surface area contributed by atoms with Gasteiger partial charge in [0.25, 0.3) is 5.91 Å². The molecule has 0 unspecified atom stereocenters. The predicted octanol–water partition coefficient (Wildman–Crippen LogP) is 2.49. The molecule has 146 valence electrons. The minimum atomic E-state index is -0.212. The van der Waals surface area contributed by atoms with E-state index >= 15 is 0 Å². The van der Waals surface area contributed by atoms with Crippen molar-refractivity contribution in [1.82, 2.24) is 25.4 Å². The zero-order chi connectivity index (χ0) is 20.1. The van der Waals surface area contributed by atoms with Gasteiger partial charge in [0.15, 0.2) is 5.82 Å². The van der Waals surface area contributed by atoms with Gasteiger partial charge in [-0.2, -0.15) is 5.10 Å². The van der Waals surface area contributed by atoms with Crippen molar-refractivity contribution < 1.29 is 9.59 Å². The van der Waals surface area contributed by atoms with Crippen molar-refractivity contribution in [2.75, 3.05) is 0 Å². The van der Waals surface area contributed by atoms with Crippen molar-refractivity contribution in [3.8, 4) is 5.82 Å². The van der Waals surface area contributed by atoms with Crippen molar-refractivity contribution in [3.05, 3.63) is 83.8 Å². The van der Waals surface area contributed by atoms with E-state index in [2.05, 4.69) is 20.7 Å². The first-order chi connectivity index (χ1) is 14.2. The molecule has 3 aromatic rings. The van der Waals surface area contributed by atoms with E-state index in [-0.39, 0.29) is 11.8 Å². The average Bonchev–Trinajstić information content (AvgIpc) is 3.39. The van der Waals surface area contributed by atoms with Gasteiger partial charge < -0.3 is 10.6 Å². The maximum atomic E-state index is 12.2. The highest BCUT2D eigenvalue weighted by atomic mass is 16.2. The number of benzene rings is 1. The molecule has 0 bridgehead atoms. The third-order valence-electron chi connectivity index (χ3n) is 4.55. The minimum Gasteiger partial charge on any atom is -0.349 e. The molecule has 1 saturated carbocycles. The Morgan fingerprint density at radius 3 is 2.66 bits per heavy atom. The maximum Gasteiger partial charge on any atom is 0.251 e. The molecular weight excluding hydrogens is 366 g/mol.